The fourth-order valence-corrected chi connectivity index (χ4v) is 4.02. The Kier molecular flexibility index (Phi) is 10.9. The fourth-order valence-electron chi connectivity index (χ4n) is 3.41. The van der Waals surface area contributed by atoms with E-state index < -0.39 is 52.9 Å². The van der Waals surface area contributed by atoms with Gasteiger partial charge in [-0.3, -0.25) is 4.18 Å². The van der Waals surface area contributed by atoms with Gasteiger partial charge in [0.05, 0.1) is 29.2 Å². The summed E-state index contributed by atoms with van der Waals surface area (Å²) < 4.78 is 46.2. The van der Waals surface area contributed by atoms with Crippen molar-refractivity contribution in [3.8, 4) is 0 Å². The zero-order chi connectivity index (χ0) is 29.0. The van der Waals surface area contributed by atoms with E-state index in [1.54, 1.807) is 54.6 Å². The van der Waals surface area contributed by atoms with E-state index in [2.05, 4.69) is 5.16 Å². The molecule has 0 aliphatic carbocycles. The summed E-state index contributed by atoms with van der Waals surface area (Å²) in [6, 6.07) is 23.6. The Morgan fingerprint density at radius 1 is 0.750 bits per heavy atom. The van der Waals surface area contributed by atoms with E-state index >= 15 is 0 Å². The number of oxime groups is 1. The SMILES string of the molecule is CON=C[C@H](OC(=O)c1ccccc1)[C@H](OC(=O)c1ccccc1)[C@H](COC(=O)c1ccccc1)OS(C)(=O)=O. The summed E-state index contributed by atoms with van der Waals surface area (Å²) in [5, 5.41) is 3.64. The minimum Gasteiger partial charge on any atom is -0.459 e. The lowest BCUT2D eigenvalue weighted by atomic mass is 10.1. The third kappa shape index (κ3) is 9.33. The van der Waals surface area contributed by atoms with E-state index in [0.717, 1.165) is 12.5 Å². The van der Waals surface area contributed by atoms with Crippen LogP contribution >= 0.6 is 0 Å². The van der Waals surface area contributed by atoms with Crippen LogP contribution in [-0.2, 0) is 33.3 Å². The highest BCUT2D eigenvalue weighted by molar-refractivity contribution is 7.86. The molecular formula is C28H27NO10S. The molecule has 12 heteroatoms. The molecule has 40 heavy (non-hydrogen) atoms. The molecule has 0 saturated heterocycles. The van der Waals surface area contributed by atoms with Crippen LogP contribution in [0, 0.1) is 0 Å². The second-order valence-electron chi connectivity index (χ2n) is 8.21. The maximum absolute atomic E-state index is 13.1. The van der Waals surface area contributed by atoms with Crippen molar-refractivity contribution in [1.29, 1.82) is 0 Å². The summed E-state index contributed by atoms with van der Waals surface area (Å²) in [7, 11) is -2.99. The number of rotatable bonds is 13. The topological polar surface area (TPSA) is 144 Å². The second kappa shape index (κ2) is 14.6. The van der Waals surface area contributed by atoms with Gasteiger partial charge in [-0.05, 0) is 36.4 Å². The molecule has 3 rings (SSSR count). The molecule has 3 aromatic carbocycles. The number of hydrogen-bond acceptors (Lipinski definition) is 11. The molecule has 0 heterocycles. The minimum absolute atomic E-state index is 0.115. The van der Waals surface area contributed by atoms with Crippen molar-refractivity contribution in [2.24, 2.45) is 5.16 Å². The van der Waals surface area contributed by atoms with Gasteiger partial charge in [0.15, 0.2) is 18.3 Å². The van der Waals surface area contributed by atoms with Crippen molar-refractivity contribution >= 4 is 34.2 Å². The molecular weight excluding hydrogens is 542 g/mol. The van der Waals surface area contributed by atoms with E-state index in [4.69, 9.17) is 23.2 Å². The average molecular weight is 570 g/mol. The summed E-state index contributed by atoms with van der Waals surface area (Å²) >= 11 is 0. The number of carbonyl (C=O) groups is 3. The van der Waals surface area contributed by atoms with Gasteiger partial charge < -0.3 is 19.0 Å². The standard InChI is InChI=1S/C28H27NO10S/c1-35-29-18-23(37-27(31)21-14-8-4-9-15-21)25(38-28(32)22-16-10-5-11-17-22)24(39-40(2,33)34)19-36-26(30)20-12-6-3-7-13-20/h3-18,23-25H,19H2,1-2H3/t23-,24-,25-/m0/s1. The van der Waals surface area contributed by atoms with Crippen LogP contribution in [0.5, 0.6) is 0 Å². The molecule has 0 bridgehead atoms. The molecule has 3 atom stereocenters. The molecule has 3 aromatic rings. The third-order valence-corrected chi connectivity index (χ3v) is 5.79. The van der Waals surface area contributed by atoms with Crippen molar-refractivity contribution in [2.45, 2.75) is 18.3 Å². The predicted molar refractivity (Wildman–Crippen MR) is 143 cm³/mol. The summed E-state index contributed by atoms with van der Waals surface area (Å²) in [6.45, 7) is -0.701. The highest BCUT2D eigenvalue weighted by Gasteiger charge is 2.39. The Labute approximate surface area is 231 Å². The van der Waals surface area contributed by atoms with Crippen LogP contribution in [0.25, 0.3) is 0 Å². The molecule has 0 aliphatic rings. The van der Waals surface area contributed by atoms with Crippen LogP contribution in [0.2, 0.25) is 0 Å². The lowest BCUT2D eigenvalue weighted by Crippen LogP contribution is -2.48. The van der Waals surface area contributed by atoms with Crippen molar-refractivity contribution < 1.29 is 46.0 Å². The quantitative estimate of drug-likeness (QED) is 0.0989. The Balaban J connectivity index is 1.99. The summed E-state index contributed by atoms with van der Waals surface area (Å²) in [5.41, 5.74) is 0.456. The van der Waals surface area contributed by atoms with Crippen LogP contribution in [0.15, 0.2) is 96.2 Å². The number of hydrogen-bond donors (Lipinski definition) is 0. The first-order valence-electron chi connectivity index (χ1n) is 11.9. The Hall–Kier alpha value is -4.55. The highest BCUT2D eigenvalue weighted by Crippen LogP contribution is 2.19. The Morgan fingerprint density at radius 3 is 1.65 bits per heavy atom. The first-order valence-corrected chi connectivity index (χ1v) is 13.7. The van der Waals surface area contributed by atoms with Gasteiger partial charge in [-0.1, -0.05) is 59.8 Å². The van der Waals surface area contributed by atoms with Gasteiger partial charge in [0, 0.05) is 0 Å². The molecule has 0 N–H and O–H groups in total. The van der Waals surface area contributed by atoms with Crippen LogP contribution in [0.1, 0.15) is 31.1 Å². The number of nitrogens with zero attached hydrogens (tertiary/aromatic N) is 1. The van der Waals surface area contributed by atoms with E-state index in [1.165, 1.54) is 43.5 Å². The maximum Gasteiger partial charge on any atom is 0.338 e. The summed E-state index contributed by atoms with van der Waals surface area (Å²) in [6.07, 6.45) is -3.10. The van der Waals surface area contributed by atoms with E-state index in [9.17, 15) is 22.8 Å². The lowest BCUT2D eigenvalue weighted by Gasteiger charge is -2.30. The molecule has 0 fully saturated rings. The number of benzene rings is 3. The highest BCUT2D eigenvalue weighted by atomic mass is 32.2. The van der Waals surface area contributed by atoms with Gasteiger partial charge in [0.1, 0.15) is 13.7 Å². The van der Waals surface area contributed by atoms with Gasteiger partial charge in [-0.2, -0.15) is 8.42 Å². The molecule has 0 aromatic heterocycles. The third-order valence-electron chi connectivity index (χ3n) is 5.20. The van der Waals surface area contributed by atoms with Gasteiger partial charge in [0.2, 0.25) is 0 Å². The van der Waals surface area contributed by atoms with Crippen molar-refractivity contribution in [2.75, 3.05) is 20.0 Å². The summed E-state index contributed by atoms with van der Waals surface area (Å²) in [4.78, 5) is 43.3. The molecule has 0 unspecified atom stereocenters. The predicted octanol–water partition coefficient (Wildman–Crippen LogP) is 3.27. The van der Waals surface area contributed by atoms with Gasteiger partial charge in [0.25, 0.3) is 10.1 Å². The van der Waals surface area contributed by atoms with Crippen LogP contribution in [0.4, 0.5) is 0 Å². The smallest absolute Gasteiger partial charge is 0.338 e. The normalized spacial score (nSPS) is 13.6. The lowest BCUT2D eigenvalue weighted by molar-refractivity contribution is -0.0683. The molecule has 0 radical (unpaired) electrons. The average Bonchev–Trinajstić information content (AvgIpc) is 2.96. The Bertz CT molecular complexity index is 1400. The molecule has 11 nitrogen and oxygen atoms in total. The second-order valence-corrected chi connectivity index (χ2v) is 9.81. The molecule has 0 amide bonds. The monoisotopic (exact) mass is 569 g/mol. The fraction of sp³-hybridized carbons (Fsp3) is 0.214. The van der Waals surface area contributed by atoms with Crippen LogP contribution in [-0.4, -0.2) is 70.8 Å². The molecule has 210 valence electrons. The van der Waals surface area contributed by atoms with Crippen molar-refractivity contribution in [3.63, 3.8) is 0 Å². The zero-order valence-electron chi connectivity index (χ0n) is 21.6. The van der Waals surface area contributed by atoms with Gasteiger partial charge in [-0.25, -0.2) is 14.4 Å². The molecule has 0 aliphatic heterocycles. The maximum atomic E-state index is 13.1. The van der Waals surface area contributed by atoms with Gasteiger partial charge >= 0.3 is 17.9 Å². The van der Waals surface area contributed by atoms with E-state index in [0.29, 0.717) is 0 Å². The zero-order valence-corrected chi connectivity index (χ0v) is 22.4. The summed E-state index contributed by atoms with van der Waals surface area (Å²) in [5.74, 6) is -2.53. The minimum atomic E-state index is -4.21. The van der Waals surface area contributed by atoms with E-state index in [-0.39, 0.29) is 16.7 Å². The first kappa shape index (κ1) is 30.0. The van der Waals surface area contributed by atoms with E-state index in [1.807, 2.05) is 0 Å². The van der Waals surface area contributed by atoms with Crippen LogP contribution in [0.3, 0.4) is 0 Å². The van der Waals surface area contributed by atoms with Gasteiger partial charge in [-0.15, -0.1) is 0 Å². The molecule has 0 saturated carbocycles. The van der Waals surface area contributed by atoms with Crippen molar-refractivity contribution in [1.82, 2.24) is 0 Å². The van der Waals surface area contributed by atoms with Crippen molar-refractivity contribution in [3.05, 3.63) is 108 Å². The largest absolute Gasteiger partial charge is 0.459 e. The number of carbonyl (C=O) groups excluding carboxylic acids is 3. The number of ether oxygens (including phenoxy) is 3. The number of esters is 3. The first-order chi connectivity index (χ1) is 19.2. The Morgan fingerprint density at radius 2 is 1.20 bits per heavy atom. The molecule has 0 spiro atoms. The van der Waals surface area contributed by atoms with Crippen LogP contribution < -0.4 is 0 Å².